The number of rotatable bonds is 7. The molecule has 2 aromatic heterocycles. The van der Waals surface area contributed by atoms with Crippen LogP contribution in [-0.4, -0.2) is 135 Å². The van der Waals surface area contributed by atoms with Gasteiger partial charge in [0.25, 0.3) is 5.91 Å². The number of likely N-dealkylation sites (tertiary alicyclic amines) is 1. The Balaban J connectivity index is 1.07. The minimum atomic E-state index is -1.04. The predicted octanol–water partition coefficient (Wildman–Crippen LogP) is 2.58. The van der Waals surface area contributed by atoms with Gasteiger partial charge in [0.05, 0.1) is 35.6 Å². The molecule has 4 aromatic rings. The van der Waals surface area contributed by atoms with Gasteiger partial charge in [-0.1, -0.05) is 32.9 Å². The Morgan fingerprint density at radius 1 is 0.949 bits per heavy atom. The number of aliphatic hydroxyl groups excluding tert-OH is 1. The fourth-order valence-electron chi connectivity index (χ4n) is 8.79. The first-order valence-corrected chi connectivity index (χ1v) is 20.4. The van der Waals surface area contributed by atoms with Gasteiger partial charge in [0.2, 0.25) is 23.5 Å². The van der Waals surface area contributed by atoms with Gasteiger partial charge in [-0.15, -0.1) is 10.2 Å². The van der Waals surface area contributed by atoms with Crippen LogP contribution in [0.4, 0.5) is 17.2 Å². The molecule has 3 atom stereocenters. The van der Waals surface area contributed by atoms with E-state index >= 15 is 0 Å². The predicted molar refractivity (Wildman–Crippen MR) is 220 cm³/mol. The monoisotopic (exact) mass is 807 g/mol. The van der Waals surface area contributed by atoms with E-state index in [2.05, 4.69) is 65.5 Å². The van der Waals surface area contributed by atoms with Crippen molar-refractivity contribution in [2.45, 2.75) is 84.2 Å². The van der Waals surface area contributed by atoms with E-state index in [0.29, 0.717) is 37.3 Å². The first-order chi connectivity index (χ1) is 28.2. The van der Waals surface area contributed by atoms with E-state index < -0.39 is 35.4 Å². The second kappa shape index (κ2) is 15.8. The van der Waals surface area contributed by atoms with Gasteiger partial charge in [0.1, 0.15) is 17.6 Å². The van der Waals surface area contributed by atoms with Crippen LogP contribution in [0, 0.1) is 5.41 Å². The molecule has 59 heavy (non-hydrogen) atoms. The number of nitrogens with zero attached hydrogens (tertiary/aromatic N) is 9. The van der Waals surface area contributed by atoms with Crippen molar-refractivity contribution in [3.8, 4) is 11.1 Å². The summed E-state index contributed by atoms with van der Waals surface area (Å²) in [4.78, 5) is 65.1. The second-order valence-electron chi connectivity index (χ2n) is 17.1. The molecule has 17 heteroatoms. The summed E-state index contributed by atoms with van der Waals surface area (Å²) in [6.07, 6.45) is 1.84. The largest absolute Gasteiger partial charge is 0.391 e. The van der Waals surface area contributed by atoms with Crippen LogP contribution in [-0.2, 0) is 32.1 Å². The standard InChI is InChI=1S/C42H53N11O6/c1-24(54)50-14-11-32-29(23-50)38(48-53(32)27-12-17-59-18-13-27)51-16-15-49(6)34-20-26(8-10-33(34)51)25-7-9-30-31(19-25)44-37(47-46-30)40(57)45-36(42(2,3)4)41(58)52-22-28(55)21-35(52)39(56)43-5/h7-10,19-20,27-28,35-36,55H,11-18,21-23H2,1-6H3,(H,43,56)(H,45,57)/t28-,35+,36-/m1/s1. The van der Waals surface area contributed by atoms with Crippen LogP contribution in [0.3, 0.4) is 0 Å². The smallest absolute Gasteiger partial charge is 0.291 e. The third-order valence-corrected chi connectivity index (χ3v) is 12.1. The van der Waals surface area contributed by atoms with Crippen LogP contribution >= 0.6 is 0 Å². The van der Waals surface area contributed by atoms with Crippen LogP contribution < -0.4 is 20.4 Å². The molecule has 17 nitrogen and oxygen atoms in total. The van der Waals surface area contributed by atoms with E-state index in [0.717, 1.165) is 66.2 Å². The van der Waals surface area contributed by atoms with Gasteiger partial charge in [0.15, 0.2) is 5.82 Å². The number of fused-ring (bicyclic) bond motifs is 3. The molecule has 0 saturated carbocycles. The normalized spacial score (nSPS) is 20.3. The number of aliphatic hydroxyl groups is 1. The first-order valence-electron chi connectivity index (χ1n) is 20.4. The van der Waals surface area contributed by atoms with E-state index in [-0.39, 0.29) is 36.6 Å². The first kappa shape index (κ1) is 40.1. The van der Waals surface area contributed by atoms with Crippen LogP contribution in [0.5, 0.6) is 0 Å². The van der Waals surface area contributed by atoms with Gasteiger partial charge in [-0.2, -0.15) is 5.10 Å². The van der Waals surface area contributed by atoms with Crippen molar-refractivity contribution in [2.75, 3.05) is 63.3 Å². The average Bonchev–Trinajstić information content (AvgIpc) is 3.82. The maximum Gasteiger partial charge on any atom is 0.291 e. The van der Waals surface area contributed by atoms with Crippen LogP contribution in [0.25, 0.3) is 22.2 Å². The molecule has 4 aliphatic rings. The van der Waals surface area contributed by atoms with E-state index in [9.17, 15) is 24.3 Å². The highest BCUT2D eigenvalue weighted by molar-refractivity contribution is 5.98. The number of likely N-dealkylation sites (N-methyl/N-ethyl adjacent to an activating group) is 2. The number of nitrogens with one attached hydrogen (secondary N) is 2. The fraction of sp³-hybridized carbons (Fsp3) is 0.524. The average molecular weight is 808 g/mol. The minimum Gasteiger partial charge on any atom is -0.391 e. The number of amides is 4. The third kappa shape index (κ3) is 7.68. The quantitative estimate of drug-likeness (QED) is 0.248. The number of hydrogen-bond donors (Lipinski definition) is 3. The number of carbonyl (C=O) groups excluding carboxylic acids is 4. The molecule has 0 aliphatic carbocycles. The van der Waals surface area contributed by atoms with Crippen LogP contribution in [0.2, 0.25) is 0 Å². The molecule has 0 unspecified atom stereocenters. The van der Waals surface area contributed by atoms with Gasteiger partial charge in [-0.25, -0.2) is 4.98 Å². The molecule has 2 saturated heterocycles. The Bertz CT molecular complexity index is 2300. The van der Waals surface area contributed by atoms with Crippen LogP contribution in [0.15, 0.2) is 36.4 Å². The zero-order chi connectivity index (χ0) is 41.7. The zero-order valence-electron chi connectivity index (χ0n) is 34.6. The number of β-amino-alcohol motifs (C(OH)–C–C–N with tert-alkyl or cyclic N) is 1. The maximum absolute atomic E-state index is 13.9. The number of hydrogen-bond acceptors (Lipinski definition) is 12. The summed E-state index contributed by atoms with van der Waals surface area (Å²) in [5.41, 5.74) is 6.40. The van der Waals surface area contributed by atoms with Crippen molar-refractivity contribution < 1.29 is 29.0 Å². The molecule has 2 fully saturated rings. The summed E-state index contributed by atoms with van der Waals surface area (Å²) < 4.78 is 7.90. The molecule has 3 N–H and O–H groups in total. The summed E-state index contributed by atoms with van der Waals surface area (Å²) in [6.45, 7) is 11.2. The molecule has 0 radical (unpaired) electrons. The summed E-state index contributed by atoms with van der Waals surface area (Å²) in [5, 5.41) is 29.4. The molecular weight excluding hydrogens is 755 g/mol. The Kier molecular flexibility index (Phi) is 10.8. The van der Waals surface area contributed by atoms with Crippen molar-refractivity contribution >= 4 is 51.9 Å². The molecule has 0 bridgehead atoms. The molecular formula is C42H53N11O6. The number of carbonyl (C=O) groups is 4. The van der Waals surface area contributed by atoms with Crippen molar-refractivity contribution in [1.82, 2.24) is 45.4 Å². The number of aromatic nitrogens is 5. The van der Waals surface area contributed by atoms with E-state index in [1.807, 2.05) is 43.9 Å². The topological polar surface area (TPSA) is 191 Å². The summed E-state index contributed by atoms with van der Waals surface area (Å²) >= 11 is 0. The molecule has 312 valence electrons. The van der Waals surface area contributed by atoms with Gasteiger partial charge in [-0.05, 0) is 53.6 Å². The summed E-state index contributed by atoms with van der Waals surface area (Å²) in [5.74, 6) is -0.778. The molecule has 4 aliphatic heterocycles. The van der Waals surface area contributed by atoms with Gasteiger partial charge in [-0.3, -0.25) is 23.9 Å². The highest BCUT2D eigenvalue weighted by Crippen LogP contribution is 2.43. The van der Waals surface area contributed by atoms with Gasteiger partial charge >= 0.3 is 0 Å². The number of ether oxygens (including phenoxy) is 1. The number of benzene rings is 2. The fourth-order valence-corrected chi connectivity index (χ4v) is 8.79. The van der Waals surface area contributed by atoms with Crippen molar-refractivity contribution in [2.24, 2.45) is 5.41 Å². The Hall–Kier alpha value is -5.68. The highest BCUT2D eigenvalue weighted by atomic mass is 16.5. The lowest BCUT2D eigenvalue weighted by Gasteiger charge is -2.37. The third-order valence-electron chi connectivity index (χ3n) is 12.1. The van der Waals surface area contributed by atoms with E-state index in [1.54, 1.807) is 6.92 Å². The molecule has 2 aromatic carbocycles. The Morgan fingerprint density at radius 2 is 1.69 bits per heavy atom. The summed E-state index contributed by atoms with van der Waals surface area (Å²) in [7, 11) is 3.56. The van der Waals surface area contributed by atoms with E-state index in [4.69, 9.17) is 9.84 Å². The minimum absolute atomic E-state index is 0.0183. The zero-order valence-corrected chi connectivity index (χ0v) is 34.6. The lowest BCUT2D eigenvalue weighted by Crippen LogP contribution is -2.57. The lowest BCUT2D eigenvalue weighted by atomic mass is 9.85. The lowest BCUT2D eigenvalue weighted by molar-refractivity contribution is -0.141. The Morgan fingerprint density at radius 3 is 2.42 bits per heavy atom. The maximum atomic E-state index is 13.9. The van der Waals surface area contributed by atoms with Crippen molar-refractivity contribution in [3.05, 3.63) is 53.5 Å². The van der Waals surface area contributed by atoms with E-state index in [1.165, 1.54) is 17.6 Å². The van der Waals surface area contributed by atoms with Crippen molar-refractivity contribution in [3.63, 3.8) is 0 Å². The van der Waals surface area contributed by atoms with Crippen LogP contribution in [0.1, 0.15) is 74.9 Å². The Labute approximate surface area is 343 Å². The molecule has 4 amide bonds. The highest BCUT2D eigenvalue weighted by Gasteiger charge is 2.44. The molecule has 0 spiro atoms. The molecule has 8 rings (SSSR count). The second-order valence-corrected chi connectivity index (χ2v) is 17.1. The van der Waals surface area contributed by atoms with Gasteiger partial charge in [0, 0.05) is 84.5 Å². The molecule has 6 heterocycles. The summed E-state index contributed by atoms with van der Waals surface area (Å²) in [6, 6.07) is 10.3. The van der Waals surface area contributed by atoms with Crippen molar-refractivity contribution in [1.29, 1.82) is 0 Å². The van der Waals surface area contributed by atoms with Gasteiger partial charge < -0.3 is 40.1 Å². The number of anilines is 3. The SMILES string of the molecule is CNC(=O)[C@@H]1C[C@@H](O)CN1C(=O)[C@@H](NC(=O)c1nnc2ccc(-c3ccc4c(c3)N(C)CCN4c3nn(C4CCOCC4)c4c3CN(C(C)=O)CC4)cc2n1)C(C)(C)C.